The number of thiophene rings is 2. The first-order valence-electron chi connectivity index (χ1n) is 4.38. The summed E-state index contributed by atoms with van der Waals surface area (Å²) in [6, 6.07) is 6.45. The maximum Gasteiger partial charge on any atom is 0.281 e. The minimum Gasteiger partial charge on any atom is -0.266 e. The van der Waals surface area contributed by atoms with Gasteiger partial charge in [0.05, 0.1) is 11.1 Å². The maximum atomic E-state index is 12.6. The van der Waals surface area contributed by atoms with Crippen LogP contribution in [0.5, 0.6) is 0 Å². The lowest BCUT2D eigenvalue weighted by molar-refractivity contribution is 0.0959. The molecule has 0 fully saturated rings. The summed E-state index contributed by atoms with van der Waals surface area (Å²) in [4.78, 5) is 12.7. The first-order valence-corrected chi connectivity index (χ1v) is 6.07. The zero-order valence-corrected chi connectivity index (χ0v) is 9.65. The molecule has 0 saturated heterocycles. The summed E-state index contributed by atoms with van der Waals surface area (Å²) in [5.74, 6) is -0.401. The van der Waals surface area contributed by atoms with Crippen LogP contribution >= 0.6 is 22.7 Å². The van der Waals surface area contributed by atoms with E-state index in [1.807, 2.05) is 17.5 Å². The minimum atomic E-state index is -0.401. The Morgan fingerprint density at radius 1 is 1.44 bits per heavy atom. The molecular weight excluding hydrogens is 247 g/mol. The normalized spacial score (nSPS) is 10.8. The van der Waals surface area contributed by atoms with Crippen LogP contribution in [0.4, 0.5) is 4.39 Å². The Morgan fingerprint density at radius 3 is 2.94 bits per heavy atom. The van der Waals surface area contributed by atoms with Crippen molar-refractivity contribution < 1.29 is 9.18 Å². The van der Waals surface area contributed by atoms with Gasteiger partial charge in [0.2, 0.25) is 0 Å². The third kappa shape index (κ3) is 2.74. The molecule has 2 aromatic rings. The molecule has 1 N–H and O–H groups in total. The Bertz CT molecular complexity index is 505. The standard InChI is InChI=1S/C10H7FN2OS2/c11-9-4-3-8(16-9)10(14)13-12-6-7-2-1-5-15-7/h1-6H,(H,13,14)/b12-6+. The highest BCUT2D eigenvalue weighted by molar-refractivity contribution is 7.12. The molecule has 0 aliphatic carbocycles. The topological polar surface area (TPSA) is 41.5 Å². The van der Waals surface area contributed by atoms with Gasteiger partial charge in [-0.15, -0.1) is 22.7 Å². The fourth-order valence-corrected chi connectivity index (χ4v) is 2.22. The predicted molar refractivity (Wildman–Crippen MR) is 63.7 cm³/mol. The summed E-state index contributed by atoms with van der Waals surface area (Å²) >= 11 is 2.31. The van der Waals surface area contributed by atoms with E-state index in [4.69, 9.17) is 0 Å². The molecule has 0 aromatic carbocycles. The van der Waals surface area contributed by atoms with E-state index in [2.05, 4.69) is 10.5 Å². The van der Waals surface area contributed by atoms with Gasteiger partial charge < -0.3 is 0 Å². The Balaban J connectivity index is 1.94. The lowest BCUT2D eigenvalue weighted by Gasteiger charge is -1.93. The largest absolute Gasteiger partial charge is 0.281 e. The van der Waals surface area contributed by atoms with Crippen LogP contribution in [-0.2, 0) is 0 Å². The van der Waals surface area contributed by atoms with Crippen molar-refractivity contribution in [3.8, 4) is 0 Å². The quantitative estimate of drug-likeness (QED) is 0.664. The third-order valence-electron chi connectivity index (χ3n) is 1.70. The van der Waals surface area contributed by atoms with Gasteiger partial charge in [0.1, 0.15) is 0 Å². The Kier molecular flexibility index (Phi) is 3.43. The number of nitrogens with one attached hydrogen (secondary N) is 1. The second-order valence-electron chi connectivity index (χ2n) is 2.82. The van der Waals surface area contributed by atoms with Crippen LogP contribution in [0.25, 0.3) is 0 Å². The van der Waals surface area contributed by atoms with E-state index < -0.39 is 5.91 Å². The molecule has 0 aliphatic rings. The molecule has 1 amide bonds. The number of hydrogen-bond acceptors (Lipinski definition) is 4. The van der Waals surface area contributed by atoms with E-state index in [1.165, 1.54) is 23.5 Å². The van der Waals surface area contributed by atoms with E-state index in [1.54, 1.807) is 6.21 Å². The smallest absolute Gasteiger partial charge is 0.266 e. The highest BCUT2D eigenvalue weighted by Crippen LogP contribution is 2.13. The van der Waals surface area contributed by atoms with E-state index in [-0.39, 0.29) is 5.13 Å². The van der Waals surface area contributed by atoms with Gasteiger partial charge in [-0.1, -0.05) is 6.07 Å². The summed E-state index contributed by atoms with van der Waals surface area (Å²) in [5, 5.41) is 5.30. The molecule has 6 heteroatoms. The van der Waals surface area contributed by atoms with E-state index in [0.29, 0.717) is 4.88 Å². The van der Waals surface area contributed by atoms with Gasteiger partial charge in [-0.05, 0) is 23.6 Å². The van der Waals surface area contributed by atoms with Crippen LogP contribution < -0.4 is 5.43 Å². The van der Waals surface area contributed by atoms with E-state index in [0.717, 1.165) is 16.2 Å². The van der Waals surface area contributed by atoms with Crippen molar-refractivity contribution in [1.82, 2.24) is 5.43 Å². The van der Waals surface area contributed by atoms with Gasteiger partial charge in [0.15, 0.2) is 5.13 Å². The molecule has 2 heterocycles. The van der Waals surface area contributed by atoms with Gasteiger partial charge in [-0.2, -0.15) is 9.49 Å². The number of hydrogen-bond donors (Lipinski definition) is 1. The predicted octanol–water partition coefficient (Wildman–Crippen LogP) is 2.71. The van der Waals surface area contributed by atoms with Crippen LogP contribution in [0, 0.1) is 5.13 Å². The molecule has 82 valence electrons. The van der Waals surface area contributed by atoms with Crippen molar-refractivity contribution in [2.45, 2.75) is 0 Å². The zero-order valence-electron chi connectivity index (χ0n) is 8.01. The van der Waals surface area contributed by atoms with Crippen LogP contribution in [-0.4, -0.2) is 12.1 Å². The molecular formula is C10H7FN2OS2. The second kappa shape index (κ2) is 5.00. The Hall–Kier alpha value is -1.53. The minimum absolute atomic E-state index is 0.306. The maximum absolute atomic E-state index is 12.6. The van der Waals surface area contributed by atoms with Gasteiger partial charge in [0.25, 0.3) is 5.91 Å². The zero-order chi connectivity index (χ0) is 11.4. The molecule has 2 rings (SSSR count). The first kappa shape index (κ1) is 11.0. The van der Waals surface area contributed by atoms with Gasteiger partial charge in [0, 0.05) is 4.88 Å². The van der Waals surface area contributed by atoms with Crippen molar-refractivity contribution in [2.24, 2.45) is 5.10 Å². The molecule has 0 unspecified atom stereocenters. The van der Waals surface area contributed by atoms with Crippen molar-refractivity contribution in [3.05, 3.63) is 44.5 Å². The second-order valence-corrected chi connectivity index (χ2v) is 4.83. The number of rotatable bonds is 3. The number of nitrogens with zero attached hydrogens (tertiary/aromatic N) is 1. The number of carbonyl (C=O) groups excluding carboxylic acids is 1. The molecule has 0 aliphatic heterocycles. The molecule has 0 atom stereocenters. The van der Waals surface area contributed by atoms with Crippen molar-refractivity contribution >= 4 is 34.8 Å². The van der Waals surface area contributed by atoms with E-state index in [9.17, 15) is 9.18 Å². The van der Waals surface area contributed by atoms with Crippen LogP contribution in [0.15, 0.2) is 34.7 Å². The van der Waals surface area contributed by atoms with Crippen LogP contribution in [0.1, 0.15) is 14.5 Å². The summed E-state index contributed by atoms with van der Waals surface area (Å²) in [6.45, 7) is 0. The number of hydrazone groups is 1. The summed E-state index contributed by atoms with van der Waals surface area (Å²) in [6.07, 6.45) is 1.55. The van der Waals surface area contributed by atoms with Gasteiger partial charge in [-0.25, -0.2) is 5.43 Å². The summed E-state index contributed by atoms with van der Waals surface area (Å²) in [7, 11) is 0. The fraction of sp³-hybridized carbons (Fsp3) is 0. The number of amides is 1. The van der Waals surface area contributed by atoms with Crippen LogP contribution in [0.2, 0.25) is 0 Å². The lowest BCUT2D eigenvalue weighted by atomic mass is 10.4. The molecule has 3 nitrogen and oxygen atoms in total. The lowest BCUT2D eigenvalue weighted by Crippen LogP contribution is -2.15. The van der Waals surface area contributed by atoms with Gasteiger partial charge in [-0.3, -0.25) is 4.79 Å². The SMILES string of the molecule is O=C(N/N=C/c1cccs1)c1ccc(F)s1. The molecule has 0 spiro atoms. The number of halogens is 1. The Morgan fingerprint density at radius 2 is 2.31 bits per heavy atom. The average Bonchev–Trinajstić information content (AvgIpc) is 2.89. The van der Waals surface area contributed by atoms with Crippen molar-refractivity contribution in [3.63, 3.8) is 0 Å². The summed E-state index contributed by atoms with van der Waals surface area (Å²) < 4.78 is 12.6. The fourth-order valence-electron chi connectivity index (χ4n) is 1.01. The Labute approximate surface area is 99.2 Å². The molecule has 0 saturated carbocycles. The first-order chi connectivity index (χ1) is 7.75. The average molecular weight is 254 g/mol. The molecule has 16 heavy (non-hydrogen) atoms. The van der Waals surface area contributed by atoms with Gasteiger partial charge >= 0.3 is 0 Å². The molecule has 2 aromatic heterocycles. The van der Waals surface area contributed by atoms with Crippen molar-refractivity contribution in [1.29, 1.82) is 0 Å². The molecule has 0 bridgehead atoms. The monoisotopic (exact) mass is 254 g/mol. The van der Waals surface area contributed by atoms with Crippen molar-refractivity contribution in [2.75, 3.05) is 0 Å². The molecule has 0 radical (unpaired) electrons. The highest BCUT2D eigenvalue weighted by atomic mass is 32.1. The summed E-state index contributed by atoms with van der Waals surface area (Å²) in [5.41, 5.74) is 2.33. The number of carbonyl (C=O) groups is 1. The third-order valence-corrected chi connectivity index (χ3v) is 3.38. The van der Waals surface area contributed by atoms with Crippen LogP contribution in [0.3, 0.4) is 0 Å². The van der Waals surface area contributed by atoms with E-state index >= 15 is 0 Å². The highest BCUT2D eigenvalue weighted by Gasteiger charge is 2.07.